The predicted molar refractivity (Wildman–Crippen MR) is 54.5 cm³/mol. The fourth-order valence-electron chi connectivity index (χ4n) is 1.21. The van der Waals surface area contributed by atoms with Crippen LogP contribution in [-0.4, -0.2) is 10.4 Å². The summed E-state index contributed by atoms with van der Waals surface area (Å²) < 4.78 is 36.5. The fraction of sp³-hybridized carbons (Fsp3) is 0.333. The third-order valence-electron chi connectivity index (χ3n) is 2.07. The Hall–Kier alpha value is -1.24. The zero-order chi connectivity index (χ0) is 12.5. The summed E-state index contributed by atoms with van der Waals surface area (Å²) in [5.41, 5.74) is -4.13. The summed E-state index contributed by atoms with van der Waals surface area (Å²) in [5, 5.41) is 10.7. The molecule has 0 heterocycles. The van der Waals surface area contributed by atoms with Crippen LogP contribution in [0.1, 0.15) is 11.1 Å². The van der Waals surface area contributed by atoms with E-state index in [4.69, 9.17) is 0 Å². The summed E-state index contributed by atoms with van der Waals surface area (Å²) in [5.74, 6) is 0. The second kappa shape index (κ2) is 4.32. The zero-order valence-electron chi connectivity index (χ0n) is 8.46. The molecule has 0 aliphatic rings. The molecule has 1 rings (SSSR count). The maximum atomic E-state index is 12.2. The Morgan fingerprint density at radius 2 is 1.88 bits per heavy atom. The van der Waals surface area contributed by atoms with E-state index in [9.17, 15) is 23.3 Å². The largest absolute Gasteiger partial charge is 0.446 e. The Labute approximate surface area is 93.8 Å². The lowest BCUT2D eigenvalue weighted by Gasteiger charge is -2.09. The van der Waals surface area contributed by atoms with Gasteiger partial charge < -0.3 is 0 Å². The molecule has 0 bridgehead atoms. The number of thioether (sulfide) groups is 1. The average Bonchev–Trinajstić information content (AvgIpc) is 2.08. The number of alkyl halides is 3. The lowest BCUT2D eigenvalue weighted by atomic mass is 10.1. The summed E-state index contributed by atoms with van der Waals surface area (Å²) in [4.78, 5) is 9.55. The van der Waals surface area contributed by atoms with Crippen molar-refractivity contribution in [1.82, 2.24) is 0 Å². The van der Waals surface area contributed by atoms with Crippen LogP contribution in [0.3, 0.4) is 0 Å². The number of rotatable bonds is 2. The number of aryl methyl sites for hydroxylation is 1. The Bertz CT molecular complexity index is 431. The number of nitro benzene ring substituents is 1. The highest BCUT2D eigenvalue weighted by molar-refractivity contribution is 8.00. The molecule has 0 saturated heterocycles. The summed E-state index contributed by atoms with van der Waals surface area (Å²) in [6, 6.07) is 2.56. The number of halogens is 3. The van der Waals surface area contributed by atoms with E-state index in [1.165, 1.54) is 13.0 Å². The molecule has 0 atom stereocenters. The molecule has 1 aromatic carbocycles. The van der Waals surface area contributed by atoms with Crippen LogP contribution in [0.2, 0.25) is 0 Å². The second-order valence-electron chi connectivity index (χ2n) is 3.16. The van der Waals surface area contributed by atoms with E-state index >= 15 is 0 Å². The second-order valence-corrected chi connectivity index (χ2v) is 4.27. The van der Waals surface area contributed by atoms with Crippen LogP contribution in [-0.2, 0) is 0 Å². The Balaban J connectivity index is 3.29. The van der Waals surface area contributed by atoms with Gasteiger partial charge in [-0.1, -0.05) is 6.07 Å². The summed E-state index contributed by atoms with van der Waals surface area (Å²) in [6.45, 7) is 3.05. The minimum Gasteiger partial charge on any atom is -0.258 e. The van der Waals surface area contributed by atoms with E-state index in [1.54, 1.807) is 6.92 Å². The van der Waals surface area contributed by atoms with Gasteiger partial charge in [0.15, 0.2) is 0 Å². The molecule has 0 amide bonds. The topological polar surface area (TPSA) is 43.1 Å². The molecule has 88 valence electrons. The zero-order valence-corrected chi connectivity index (χ0v) is 9.28. The number of benzene rings is 1. The molecule has 0 aromatic heterocycles. The van der Waals surface area contributed by atoms with Gasteiger partial charge in [0.25, 0.3) is 5.69 Å². The number of hydrogen-bond acceptors (Lipinski definition) is 3. The van der Waals surface area contributed by atoms with Crippen LogP contribution < -0.4 is 0 Å². The first-order valence-electron chi connectivity index (χ1n) is 4.22. The quantitative estimate of drug-likeness (QED) is 0.456. The average molecular weight is 251 g/mol. The van der Waals surface area contributed by atoms with Crippen molar-refractivity contribution in [3.8, 4) is 0 Å². The van der Waals surface area contributed by atoms with Crippen molar-refractivity contribution in [3.63, 3.8) is 0 Å². The minimum atomic E-state index is -4.52. The lowest BCUT2D eigenvalue weighted by molar-refractivity contribution is -0.388. The van der Waals surface area contributed by atoms with Crippen molar-refractivity contribution in [3.05, 3.63) is 33.4 Å². The Morgan fingerprint density at radius 1 is 1.31 bits per heavy atom. The highest BCUT2D eigenvalue weighted by Gasteiger charge is 2.33. The van der Waals surface area contributed by atoms with E-state index in [0.717, 1.165) is 6.07 Å². The highest BCUT2D eigenvalue weighted by atomic mass is 32.2. The summed E-state index contributed by atoms with van der Waals surface area (Å²) in [7, 11) is 0. The van der Waals surface area contributed by atoms with Gasteiger partial charge in [0.05, 0.1) is 9.82 Å². The molecule has 0 aliphatic heterocycles. The SMILES string of the molecule is Cc1ccc(SC(F)(F)F)c([N+](=O)[O-])c1C. The van der Waals surface area contributed by atoms with Gasteiger partial charge in [-0.2, -0.15) is 13.2 Å². The number of hydrogen-bond donors (Lipinski definition) is 0. The van der Waals surface area contributed by atoms with E-state index in [2.05, 4.69) is 0 Å². The van der Waals surface area contributed by atoms with Gasteiger partial charge in [0, 0.05) is 5.56 Å². The van der Waals surface area contributed by atoms with Crippen LogP contribution in [0.25, 0.3) is 0 Å². The molecule has 1 aromatic rings. The van der Waals surface area contributed by atoms with Gasteiger partial charge in [0.1, 0.15) is 0 Å². The van der Waals surface area contributed by atoms with Crippen molar-refractivity contribution < 1.29 is 18.1 Å². The minimum absolute atomic E-state index is 0.263. The molecule has 0 unspecified atom stereocenters. The Morgan fingerprint density at radius 3 is 2.31 bits per heavy atom. The van der Waals surface area contributed by atoms with E-state index in [0.29, 0.717) is 5.56 Å². The van der Waals surface area contributed by atoms with Crippen LogP contribution in [0, 0.1) is 24.0 Å². The molecule has 0 N–H and O–H groups in total. The van der Waals surface area contributed by atoms with E-state index in [-0.39, 0.29) is 10.5 Å². The molecule has 7 heteroatoms. The first kappa shape index (κ1) is 12.8. The molecule has 3 nitrogen and oxygen atoms in total. The normalized spacial score (nSPS) is 11.6. The molecule has 16 heavy (non-hydrogen) atoms. The van der Waals surface area contributed by atoms with Crippen molar-refractivity contribution in [2.75, 3.05) is 0 Å². The van der Waals surface area contributed by atoms with Gasteiger partial charge in [-0.25, -0.2) is 0 Å². The highest BCUT2D eigenvalue weighted by Crippen LogP contribution is 2.42. The molecular weight excluding hydrogens is 243 g/mol. The fourth-order valence-corrected chi connectivity index (χ4v) is 1.92. The molecule has 0 aliphatic carbocycles. The monoisotopic (exact) mass is 251 g/mol. The summed E-state index contributed by atoms with van der Waals surface area (Å²) >= 11 is -0.463. The van der Waals surface area contributed by atoms with E-state index in [1.807, 2.05) is 0 Å². The third kappa shape index (κ3) is 2.88. The van der Waals surface area contributed by atoms with E-state index < -0.39 is 27.9 Å². The van der Waals surface area contributed by atoms with Crippen LogP contribution >= 0.6 is 11.8 Å². The van der Waals surface area contributed by atoms with Crippen molar-refractivity contribution in [1.29, 1.82) is 0 Å². The van der Waals surface area contributed by atoms with Gasteiger partial charge in [-0.05, 0) is 37.2 Å². The standard InChI is InChI=1S/C9H8F3NO2S/c1-5-3-4-7(16-9(10,11)12)8(6(5)2)13(14)15/h3-4H,1-2H3. The van der Waals surface area contributed by atoms with Crippen LogP contribution in [0.15, 0.2) is 17.0 Å². The lowest BCUT2D eigenvalue weighted by Crippen LogP contribution is -2.03. The van der Waals surface area contributed by atoms with Gasteiger partial charge in [0.2, 0.25) is 0 Å². The van der Waals surface area contributed by atoms with Gasteiger partial charge in [-0.3, -0.25) is 10.1 Å². The van der Waals surface area contributed by atoms with Crippen LogP contribution in [0.4, 0.5) is 18.9 Å². The molecule has 0 spiro atoms. The summed E-state index contributed by atoms with van der Waals surface area (Å²) in [6.07, 6.45) is 0. The molecule has 0 fully saturated rings. The maximum Gasteiger partial charge on any atom is 0.446 e. The Kier molecular flexibility index (Phi) is 3.47. The predicted octanol–water partition coefficient (Wildman–Crippen LogP) is 3.82. The van der Waals surface area contributed by atoms with Crippen molar-refractivity contribution >= 4 is 17.4 Å². The number of nitro groups is 1. The number of nitrogens with zero attached hydrogens (tertiary/aromatic N) is 1. The third-order valence-corrected chi connectivity index (χ3v) is 2.85. The smallest absolute Gasteiger partial charge is 0.258 e. The first-order valence-corrected chi connectivity index (χ1v) is 5.04. The molecular formula is C9H8F3NO2S. The van der Waals surface area contributed by atoms with Gasteiger partial charge >= 0.3 is 5.51 Å². The first-order chi connectivity index (χ1) is 7.22. The van der Waals surface area contributed by atoms with Crippen molar-refractivity contribution in [2.45, 2.75) is 24.3 Å². The van der Waals surface area contributed by atoms with Crippen molar-refractivity contribution in [2.24, 2.45) is 0 Å². The van der Waals surface area contributed by atoms with Gasteiger partial charge in [-0.15, -0.1) is 0 Å². The molecule has 0 saturated carbocycles. The van der Waals surface area contributed by atoms with Crippen LogP contribution in [0.5, 0.6) is 0 Å². The maximum absolute atomic E-state index is 12.2. The molecule has 0 radical (unpaired) electrons.